The van der Waals surface area contributed by atoms with Crippen molar-refractivity contribution in [2.45, 2.75) is 23.7 Å². The van der Waals surface area contributed by atoms with Gasteiger partial charge in [0.25, 0.3) is 0 Å². The first kappa shape index (κ1) is 16.9. The predicted molar refractivity (Wildman–Crippen MR) is 95.4 cm³/mol. The first-order valence-electron chi connectivity index (χ1n) is 8.39. The SMILES string of the molecule is COc1ccc(S(=O)(=O)N2CCC(c3[nH]nc4nccnc34)CC2)cc1. The lowest BCUT2D eigenvalue weighted by Gasteiger charge is -2.30. The van der Waals surface area contributed by atoms with Gasteiger partial charge in [-0.1, -0.05) is 0 Å². The Bertz CT molecular complexity index is 1010. The second-order valence-electron chi connectivity index (χ2n) is 6.22. The van der Waals surface area contributed by atoms with Crippen LogP contribution in [0, 0.1) is 0 Å². The number of nitrogens with zero attached hydrogens (tertiary/aromatic N) is 4. The molecule has 0 unspecified atom stereocenters. The summed E-state index contributed by atoms with van der Waals surface area (Å²) in [6, 6.07) is 6.49. The highest BCUT2D eigenvalue weighted by molar-refractivity contribution is 7.89. The highest BCUT2D eigenvalue weighted by Crippen LogP contribution is 2.32. The van der Waals surface area contributed by atoms with Crippen LogP contribution in [0.5, 0.6) is 5.75 Å². The topological polar surface area (TPSA) is 101 Å². The lowest BCUT2D eigenvalue weighted by atomic mass is 9.94. The molecule has 1 saturated heterocycles. The van der Waals surface area contributed by atoms with Gasteiger partial charge in [-0.3, -0.25) is 5.10 Å². The molecule has 0 spiro atoms. The number of hydrogen-bond donors (Lipinski definition) is 1. The highest BCUT2D eigenvalue weighted by Gasteiger charge is 2.31. The van der Waals surface area contributed by atoms with E-state index in [0.29, 0.717) is 37.3 Å². The molecule has 1 aliphatic rings. The average Bonchev–Trinajstić information content (AvgIpc) is 3.12. The Labute approximate surface area is 151 Å². The van der Waals surface area contributed by atoms with Gasteiger partial charge in [-0.05, 0) is 37.1 Å². The summed E-state index contributed by atoms with van der Waals surface area (Å²) >= 11 is 0. The van der Waals surface area contributed by atoms with Crippen molar-refractivity contribution in [2.75, 3.05) is 20.2 Å². The smallest absolute Gasteiger partial charge is 0.243 e. The number of rotatable bonds is 4. The van der Waals surface area contributed by atoms with E-state index in [0.717, 1.165) is 11.2 Å². The Kier molecular flexibility index (Phi) is 4.33. The molecule has 26 heavy (non-hydrogen) atoms. The van der Waals surface area contributed by atoms with Crippen molar-refractivity contribution in [3.05, 3.63) is 42.4 Å². The number of sulfonamides is 1. The Balaban J connectivity index is 1.50. The first-order valence-corrected chi connectivity index (χ1v) is 9.83. The maximum atomic E-state index is 12.8. The molecule has 0 aliphatic carbocycles. The van der Waals surface area contributed by atoms with Crippen molar-refractivity contribution in [3.63, 3.8) is 0 Å². The number of methoxy groups -OCH3 is 1. The molecule has 0 saturated carbocycles. The maximum absolute atomic E-state index is 12.8. The number of fused-ring (bicyclic) bond motifs is 1. The van der Waals surface area contributed by atoms with E-state index in [4.69, 9.17) is 4.74 Å². The van der Waals surface area contributed by atoms with Gasteiger partial charge in [0.05, 0.1) is 17.7 Å². The second-order valence-corrected chi connectivity index (χ2v) is 8.16. The van der Waals surface area contributed by atoms with Gasteiger partial charge < -0.3 is 4.74 Å². The normalized spacial score (nSPS) is 16.8. The third-order valence-corrected chi connectivity index (χ3v) is 6.69. The lowest BCUT2D eigenvalue weighted by Crippen LogP contribution is -2.38. The molecule has 0 amide bonds. The Morgan fingerprint density at radius 1 is 1.12 bits per heavy atom. The van der Waals surface area contributed by atoms with Crippen LogP contribution in [0.3, 0.4) is 0 Å². The van der Waals surface area contributed by atoms with E-state index in [2.05, 4.69) is 20.2 Å². The Hall–Kier alpha value is -2.52. The number of aromatic amines is 1. The summed E-state index contributed by atoms with van der Waals surface area (Å²) in [5.41, 5.74) is 2.30. The molecular weight excluding hydrogens is 354 g/mol. The molecule has 0 bridgehead atoms. The number of nitrogens with one attached hydrogen (secondary N) is 1. The molecule has 136 valence electrons. The van der Waals surface area contributed by atoms with Crippen LogP contribution < -0.4 is 4.74 Å². The van der Waals surface area contributed by atoms with E-state index < -0.39 is 10.0 Å². The number of piperidine rings is 1. The van der Waals surface area contributed by atoms with Crippen molar-refractivity contribution < 1.29 is 13.2 Å². The van der Waals surface area contributed by atoms with Crippen LogP contribution in [-0.2, 0) is 10.0 Å². The van der Waals surface area contributed by atoms with Gasteiger partial charge >= 0.3 is 0 Å². The molecule has 1 N–H and O–H groups in total. The summed E-state index contributed by atoms with van der Waals surface area (Å²) in [6.45, 7) is 0.916. The van der Waals surface area contributed by atoms with Crippen molar-refractivity contribution in [1.29, 1.82) is 0 Å². The monoisotopic (exact) mass is 373 g/mol. The van der Waals surface area contributed by atoms with E-state index in [9.17, 15) is 8.42 Å². The summed E-state index contributed by atoms with van der Waals surface area (Å²) in [5.74, 6) is 0.828. The molecule has 1 aliphatic heterocycles. The number of ether oxygens (including phenoxy) is 1. The second kappa shape index (κ2) is 6.65. The van der Waals surface area contributed by atoms with Crippen molar-refractivity contribution in [3.8, 4) is 5.75 Å². The number of aromatic nitrogens is 4. The molecular formula is C17H19N5O3S. The van der Waals surface area contributed by atoms with Gasteiger partial charge in [0.2, 0.25) is 10.0 Å². The molecule has 0 radical (unpaired) electrons. The van der Waals surface area contributed by atoms with Gasteiger partial charge in [-0.15, -0.1) is 0 Å². The van der Waals surface area contributed by atoms with Gasteiger partial charge in [-0.2, -0.15) is 9.40 Å². The minimum absolute atomic E-state index is 0.194. The van der Waals surface area contributed by atoms with Crippen LogP contribution in [0.1, 0.15) is 24.5 Å². The summed E-state index contributed by atoms with van der Waals surface area (Å²) in [4.78, 5) is 8.82. The molecule has 1 aromatic carbocycles. The molecule has 9 heteroatoms. The standard InChI is InChI=1S/C17H19N5O3S/c1-25-13-2-4-14(5-3-13)26(23,24)22-10-6-12(7-11-22)15-16-17(21-20-15)19-9-8-18-16/h2-5,8-9,12H,6-7,10-11H2,1H3,(H,19,20,21). The van der Waals surface area contributed by atoms with Gasteiger partial charge in [0.1, 0.15) is 11.3 Å². The molecule has 4 rings (SSSR count). The highest BCUT2D eigenvalue weighted by atomic mass is 32.2. The quantitative estimate of drug-likeness (QED) is 0.750. The zero-order chi connectivity index (χ0) is 18.1. The van der Waals surface area contributed by atoms with E-state index in [1.807, 2.05) is 0 Å². The van der Waals surface area contributed by atoms with Crippen LogP contribution >= 0.6 is 0 Å². The molecule has 3 aromatic rings. The lowest BCUT2D eigenvalue weighted by molar-refractivity contribution is 0.317. The summed E-state index contributed by atoms with van der Waals surface area (Å²) in [7, 11) is -1.94. The van der Waals surface area contributed by atoms with Crippen molar-refractivity contribution in [2.24, 2.45) is 0 Å². The van der Waals surface area contributed by atoms with E-state index in [1.54, 1.807) is 43.8 Å². The fraction of sp³-hybridized carbons (Fsp3) is 0.353. The fourth-order valence-electron chi connectivity index (χ4n) is 3.33. The molecule has 0 atom stereocenters. The van der Waals surface area contributed by atoms with Crippen LogP contribution in [-0.4, -0.2) is 53.1 Å². The summed E-state index contributed by atoms with van der Waals surface area (Å²) in [5, 5.41) is 7.21. The molecule has 2 aromatic heterocycles. The molecule has 1 fully saturated rings. The molecule has 8 nitrogen and oxygen atoms in total. The minimum Gasteiger partial charge on any atom is -0.497 e. The largest absolute Gasteiger partial charge is 0.497 e. The van der Waals surface area contributed by atoms with Gasteiger partial charge in [0.15, 0.2) is 5.65 Å². The number of benzene rings is 1. The van der Waals surface area contributed by atoms with E-state index >= 15 is 0 Å². The zero-order valence-corrected chi connectivity index (χ0v) is 15.1. The van der Waals surface area contributed by atoms with Crippen molar-refractivity contribution >= 4 is 21.2 Å². The Morgan fingerprint density at radius 3 is 2.50 bits per heavy atom. The van der Waals surface area contributed by atoms with E-state index in [1.165, 1.54) is 4.31 Å². The zero-order valence-electron chi connectivity index (χ0n) is 14.3. The third-order valence-electron chi connectivity index (χ3n) is 4.78. The first-order chi connectivity index (χ1) is 12.6. The number of H-pyrrole nitrogens is 1. The number of hydrogen-bond acceptors (Lipinski definition) is 6. The predicted octanol–water partition coefficient (Wildman–Crippen LogP) is 1.93. The maximum Gasteiger partial charge on any atom is 0.243 e. The minimum atomic E-state index is -3.50. The van der Waals surface area contributed by atoms with E-state index in [-0.39, 0.29) is 10.8 Å². The van der Waals surface area contributed by atoms with Gasteiger partial charge in [0, 0.05) is 31.4 Å². The van der Waals surface area contributed by atoms with Crippen LogP contribution in [0.4, 0.5) is 0 Å². The van der Waals surface area contributed by atoms with Crippen LogP contribution in [0.2, 0.25) is 0 Å². The third kappa shape index (κ3) is 2.93. The molecule has 3 heterocycles. The fourth-order valence-corrected chi connectivity index (χ4v) is 4.80. The summed E-state index contributed by atoms with van der Waals surface area (Å²) in [6.07, 6.45) is 4.67. The van der Waals surface area contributed by atoms with Crippen LogP contribution in [0.25, 0.3) is 11.2 Å². The van der Waals surface area contributed by atoms with Crippen molar-refractivity contribution in [1.82, 2.24) is 24.5 Å². The van der Waals surface area contributed by atoms with Gasteiger partial charge in [-0.25, -0.2) is 18.4 Å². The Morgan fingerprint density at radius 2 is 1.81 bits per heavy atom. The average molecular weight is 373 g/mol. The summed E-state index contributed by atoms with van der Waals surface area (Å²) < 4.78 is 32.3. The van der Waals surface area contributed by atoms with Crippen LogP contribution in [0.15, 0.2) is 41.6 Å².